The Labute approximate surface area is 98.9 Å². The Kier molecular flexibility index (Phi) is 4.81. The molecule has 0 spiro atoms. The highest BCUT2D eigenvalue weighted by Gasteiger charge is 2.14. The predicted octanol–water partition coefficient (Wildman–Crippen LogP) is 3.49. The molecule has 1 N–H and O–H groups in total. The van der Waals surface area contributed by atoms with E-state index in [1.54, 1.807) is 0 Å². The first-order valence-corrected chi connectivity index (χ1v) is 6.06. The van der Waals surface area contributed by atoms with Gasteiger partial charge in [0, 0.05) is 11.6 Å². The lowest BCUT2D eigenvalue weighted by atomic mass is 10.0. The van der Waals surface area contributed by atoms with Gasteiger partial charge in [-0.3, -0.25) is 4.90 Å². The fourth-order valence-corrected chi connectivity index (χ4v) is 1.85. The van der Waals surface area contributed by atoms with Gasteiger partial charge in [0.1, 0.15) is 5.75 Å². The van der Waals surface area contributed by atoms with Gasteiger partial charge in [0.25, 0.3) is 0 Å². The molecule has 90 valence electrons. The number of hydrogen-bond acceptors (Lipinski definition) is 2. The van der Waals surface area contributed by atoms with Crippen molar-refractivity contribution >= 4 is 0 Å². The van der Waals surface area contributed by atoms with Gasteiger partial charge in [-0.05, 0) is 45.5 Å². The molecule has 0 radical (unpaired) electrons. The van der Waals surface area contributed by atoms with Crippen LogP contribution in [0.2, 0.25) is 0 Å². The molecule has 1 aromatic carbocycles. The first-order valence-electron chi connectivity index (χ1n) is 6.06. The van der Waals surface area contributed by atoms with Crippen LogP contribution in [0.25, 0.3) is 0 Å². The van der Waals surface area contributed by atoms with E-state index in [0.717, 1.165) is 17.7 Å². The molecule has 0 saturated carbocycles. The van der Waals surface area contributed by atoms with Crippen molar-refractivity contribution in [1.82, 2.24) is 4.90 Å². The first-order chi connectivity index (χ1) is 7.56. The second-order valence-electron chi connectivity index (χ2n) is 4.57. The number of aryl methyl sites for hydroxylation is 1. The Hall–Kier alpha value is -1.02. The SMILES string of the molecule is CCCCN(C)C(C)c1ccc(C)cc1O. The topological polar surface area (TPSA) is 23.5 Å². The molecule has 2 nitrogen and oxygen atoms in total. The third kappa shape index (κ3) is 3.24. The van der Waals surface area contributed by atoms with Crippen LogP contribution in [0.3, 0.4) is 0 Å². The largest absolute Gasteiger partial charge is 0.508 e. The minimum Gasteiger partial charge on any atom is -0.508 e. The molecule has 0 bridgehead atoms. The van der Waals surface area contributed by atoms with Crippen molar-refractivity contribution in [3.8, 4) is 5.75 Å². The number of aromatic hydroxyl groups is 1. The van der Waals surface area contributed by atoms with Crippen LogP contribution in [0.1, 0.15) is 43.9 Å². The van der Waals surface area contributed by atoms with Crippen LogP contribution in [0, 0.1) is 6.92 Å². The van der Waals surface area contributed by atoms with Crippen LogP contribution in [0.15, 0.2) is 18.2 Å². The highest BCUT2D eigenvalue weighted by molar-refractivity contribution is 5.37. The number of rotatable bonds is 5. The zero-order valence-corrected chi connectivity index (χ0v) is 10.8. The smallest absolute Gasteiger partial charge is 0.120 e. The lowest BCUT2D eigenvalue weighted by molar-refractivity contribution is 0.252. The van der Waals surface area contributed by atoms with Crippen LogP contribution >= 0.6 is 0 Å². The van der Waals surface area contributed by atoms with Crippen molar-refractivity contribution in [2.75, 3.05) is 13.6 Å². The Morgan fingerprint density at radius 2 is 2.06 bits per heavy atom. The molecule has 0 aliphatic rings. The van der Waals surface area contributed by atoms with Crippen LogP contribution in [-0.4, -0.2) is 23.6 Å². The summed E-state index contributed by atoms with van der Waals surface area (Å²) in [5.74, 6) is 0.413. The van der Waals surface area contributed by atoms with Gasteiger partial charge in [-0.2, -0.15) is 0 Å². The summed E-state index contributed by atoms with van der Waals surface area (Å²) in [5.41, 5.74) is 2.12. The fourth-order valence-electron chi connectivity index (χ4n) is 1.85. The molecule has 0 heterocycles. The second kappa shape index (κ2) is 5.90. The minimum atomic E-state index is 0.271. The maximum absolute atomic E-state index is 9.91. The van der Waals surface area contributed by atoms with Gasteiger partial charge >= 0.3 is 0 Å². The second-order valence-corrected chi connectivity index (χ2v) is 4.57. The zero-order valence-electron chi connectivity index (χ0n) is 10.8. The van der Waals surface area contributed by atoms with Crippen LogP contribution < -0.4 is 0 Å². The molecule has 0 aliphatic carbocycles. The number of nitrogens with zero attached hydrogens (tertiary/aromatic N) is 1. The molecule has 0 saturated heterocycles. The van der Waals surface area contributed by atoms with Crippen molar-refractivity contribution in [3.05, 3.63) is 29.3 Å². The van der Waals surface area contributed by atoms with E-state index in [4.69, 9.17) is 0 Å². The Morgan fingerprint density at radius 3 is 2.62 bits per heavy atom. The summed E-state index contributed by atoms with van der Waals surface area (Å²) in [6.07, 6.45) is 2.41. The molecule has 0 aliphatic heterocycles. The zero-order chi connectivity index (χ0) is 12.1. The van der Waals surface area contributed by atoms with Crippen LogP contribution in [0.5, 0.6) is 5.75 Å². The van der Waals surface area contributed by atoms with Gasteiger partial charge in [-0.1, -0.05) is 25.5 Å². The van der Waals surface area contributed by atoms with Crippen molar-refractivity contribution in [2.24, 2.45) is 0 Å². The number of phenols is 1. The standard InChI is InChI=1S/C14H23NO/c1-5-6-9-15(4)12(3)13-8-7-11(2)10-14(13)16/h7-8,10,12,16H,5-6,9H2,1-4H3. The average Bonchev–Trinajstić information content (AvgIpc) is 2.25. The lowest BCUT2D eigenvalue weighted by Crippen LogP contribution is -2.23. The predicted molar refractivity (Wildman–Crippen MR) is 68.8 cm³/mol. The molecule has 0 fully saturated rings. The molecule has 1 unspecified atom stereocenters. The third-order valence-corrected chi connectivity index (χ3v) is 3.16. The van der Waals surface area contributed by atoms with Gasteiger partial charge in [-0.25, -0.2) is 0 Å². The van der Waals surface area contributed by atoms with Crippen molar-refractivity contribution in [3.63, 3.8) is 0 Å². The summed E-state index contributed by atoms with van der Waals surface area (Å²) >= 11 is 0. The van der Waals surface area contributed by atoms with E-state index in [9.17, 15) is 5.11 Å². The maximum atomic E-state index is 9.91. The molecule has 0 aromatic heterocycles. The van der Waals surface area contributed by atoms with E-state index in [1.165, 1.54) is 12.8 Å². The molecule has 2 heteroatoms. The van der Waals surface area contributed by atoms with E-state index in [0.29, 0.717) is 5.75 Å². The summed E-state index contributed by atoms with van der Waals surface area (Å²) in [6, 6.07) is 6.18. The highest BCUT2D eigenvalue weighted by atomic mass is 16.3. The summed E-state index contributed by atoms with van der Waals surface area (Å²) in [4.78, 5) is 2.29. The minimum absolute atomic E-state index is 0.271. The summed E-state index contributed by atoms with van der Waals surface area (Å²) in [6.45, 7) is 7.40. The van der Waals surface area contributed by atoms with E-state index in [-0.39, 0.29) is 6.04 Å². The molecule has 1 aromatic rings. The summed E-state index contributed by atoms with van der Waals surface area (Å²) < 4.78 is 0. The van der Waals surface area contributed by atoms with Crippen LogP contribution in [-0.2, 0) is 0 Å². The van der Waals surface area contributed by atoms with Gasteiger partial charge in [0.2, 0.25) is 0 Å². The Morgan fingerprint density at radius 1 is 1.38 bits per heavy atom. The van der Waals surface area contributed by atoms with Crippen LogP contribution in [0.4, 0.5) is 0 Å². The monoisotopic (exact) mass is 221 g/mol. The molecular weight excluding hydrogens is 198 g/mol. The van der Waals surface area contributed by atoms with Crippen molar-refractivity contribution in [1.29, 1.82) is 0 Å². The quantitative estimate of drug-likeness (QED) is 0.822. The molecule has 1 rings (SSSR count). The number of hydrogen-bond donors (Lipinski definition) is 1. The van der Waals surface area contributed by atoms with E-state index < -0.39 is 0 Å². The maximum Gasteiger partial charge on any atom is 0.120 e. The average molecular weight is 221 g/mol. The normalized spacial score (nSPS) is 13.1. The van der Waals surface area contributed by atoms with E-state index in [1.807, 2.05) is 19.1 Å². The van der Waals surface area contributed by atoms with E-state index in [2.05, 4.69) is 31.9 Å². The Balaban J connectivity index is 2.75. The molecular formula is C14H23NO. The van der Waals surface area contributed by atoms with Gasteiger partial charge in [-0.15, -0.1) is 0 Å². The molecule has 16 heavy (non-hydrogen) atoms. The number of unbranched alkanes of at least 4 members (excludes halogenated alkanes) is 1. The van der Waals surface area contributed by atoms with E-state index >= 15 is 0 Å². The van der Waals surface area contributed by atoms with Crippen molar-refractivity contribution < 1.29 is 5.11 Å². The molecule has 0 amide bonds. The lowest BCUT2D eigenvalue weighted by Gasteiger charge is -2.25. The number of benzene rings is 1. The van der Waals surface area contributed by atoms with Gasteiger partial charge in [0.05, 0.1) is 0 Å². The molecule has 1 atom stereocenters. The summed E-state index contributed by atoms with van der Waals surface area (Å²) in [5, 5.41) is 9.91. The number of phenolic OH excluding ortho intramolecular Hbond substituents is 1. The Bertz CT molecular complexity index is 336. The van der Waals surface area contributed by atoms with Gasteiger partial charge in [0.15, 0.2) is 0 Å². The first kappa shape index (κ1) is 13.0. The van der Waals surface area contributed by atoms with Gasteiger partial charge < -0.3 is 5.11 Å². The summed E-state index contributed by atoms with van der Waals surface area (Å²) in [7, 11) is 2.11. The van der Waals surface area contributed by atoms with Crippen molar-refractivity contribution in [2.45, 2.75) is 39.7 Å². The highest BCUT2D eigenvalue weighted by Crippen LogP contribution is 2.28. The third-order valence-electron chi connectivity index (χ3n) is 3.16. The fraction of sp³-hybridized carbons (Fsp3) is 0.571.